The van der Waals surface area contributed by atoms with Crippen LogP contribution in [0.5, 0.6) is 0 Å². The quantitative estimate of drug-likeness (QED) is 0.746. The minimum absolute atomic E-state index is 0.358. The minimum Gasteiger partial charge on any atom is -0.310 e. The Labute approximate surface area is 101 Å². The highest BCUT2D eigenvalue weighted by atomic mass is 32.2. The molecule has 92 valence electrons. The summed E-state index contributed by atoms with van der Waals surface area (Å²) in [7, 11) is 0. The molecule has 0 fully saturated rings. The van der Waals surface area contributed by atoms with E-state index >= 15 is 0 Å². The van der Waals surface area contributed by atoms with Gasteiger partial charge in [-0.25, -0.2) is 0 Å². The van der Waals surface area contributed by atoms with Gasteiger partial charge in [0.25, 0.3) is 0 Å². The zero-order valence-corrected chi connectivity index (χ0v) is 12.4. The van der Waals surface area contributed by atoms with Crippen molar-refractivity contribution in [2.45, 2.75) is 60.5 Å². The van der Waals surface area contributed by atoms with Crippen LogP contribution in [-0.2, 0) is 0 Å². The van der Waals surface area contributed by atoms with Crippen molar-refractivity contribution in [3.05, 3.63) is 0 Å². The van der Waals surface area contributed by atoms with E-state index in [0.29, 0.717) is 17.5 Å². The SMILES string of the molecule is CC(C)CSCC(C)NC(C)C(C)(C)C. The van der Waals surface area contributed by atoms with Gasteiger partial charge in [-0.2, -0.15) is 11.8 Å². The first kappa shape index (κ1) is 15.3. The monoisotopic (exact) mass is 231 g/mol. The van der Waals surface area contributed by atoms with Crippen LogP contribution in [0.15, 0.2) is 0 Å². The maximum Gasteiger partial charge on any atom is 0.0132 e. The highest BCUT2D eigenvalue weighted by Crippen LogP contribution is 2.19. The fraction of sp³-hybridized carbons (Fsp3) is 1.00. The number of hydrogen-bond donors (Lipinski definition) is 1. The van der Waals surface area contributed by atoms with Gasteiger partial charge >= 0.3 is 0 Å². The van der Waals surface area contributed by atoms with Gasteiger partial charge in [0.1, 0.15) is 0 Å². The Morgan fingerprint density at radius 1 is 1.00 bits per heavy atom. The molecule has 0 aliphatic rings. The van der Waals surface area contributed by atoms with Crippen LogP contribution in [0.1, 0.15) is 48.5 Å². The molecule has 1 nitrogen and oxygen atoms in total. The largest absolute Gasteiger partial charge is 0.310 e. The van der Waals surface area contributed by atoms with Gasteiger partial charge in [0, 0.05) is 17.8 Å². The van der Waals surface area contributed by atoms with E-state index in [-0.39, 0.29) is 0 Å². The van der Waals surface area contributed by atoms with Crippen LogP contribution in [0.2, 0.25) is 0 Å². The molecule has 0 bridgehead atoms. The Balaban J connectivity index is 3.69. The van der Waals surface area contributed by atoms with Crippen molar-refractivity contribution in [2.75, 3.05) is 11.5 Å². The molecule has 0 aromatic carbocycles. The van der Waals surface area contributed by atoms with Crippen LogP contribution < -0.4 is 5.32 Å². The molecule has 2 heteroatoms. The average molecular weight is 231 g/mol. The van der Waals surface area contributed by atoms with E-state index in [1.165, 1.54) is 11.5 Å². The van der Waals surface area contributed by atoms with Crippen LogP contribution in [-0.4, -0.2) is 23.6 Å². The molecule has 15 heavy (non-hydrogen) atoms. The Morgan fingerprint density at radius 2 is 1.53 bits per heavy atom. The molecular formula is C13H29NS. The maximum absolute atomic E-state index is 3.67. The molecule has 1 N–H and O–H groups in total. The van der Waals surface area contributed by atoms with Crippen LogP contribution in [0.4, 0.5) is 0 Å². The molecule has 0 spiro atoms. The third-order valence-corrected chi connectivity index (χ3v) is 4.29. The summed E-state index contributed by atoms with van der Waals surface area (Å²) in [6, 6.07) is 1.19. The lowest BCUT2D eigenvalue weighted by Crippen LogP contribution is -2.43. The van der Waals surface area contributed by atoms with Crippen LogP contribution in [0.25, 0.3) is 0 Å². The maximum atomic E-state index is 3.67. The second-order valence-electron chi connectivity index (χ2n) is 6.09. The second kappa shape index (κ2) is 6.80. The van der Waals surface area contributed by atoms with E-state index in [2.05, 4.69) is 65.5 Å². The summed E-state index contributed by atoms with van der Waals surface area (Å²) >= 11 is 2.06. The first-order chi connectivity index (χ1) is 6.73. The van der Waals surface area contributed by atoms with E-state index in [9.17, 15) is 0 Å². The van der Waals surface area contributed by atoms with Gasteiger partial charge in [0.2, 0.25) is 0 Å². The van der Waals surface area contributed by atoms with E-state index in [1.807, 2.05) is 0 Å². The summed E-state index contributed by atoms with van der Waals surface area (Å²) in [6.45, 7) is 16.0. The van der Waals surface area contributed by atoms with E-state index in [0.717, 1.165) is 5.92 Å². The van der Waals surface area contributed by atoms with Crippen LogP contribution in [0, 0.1) is 11.3 Å². The fourth-order valence-electron chi connectivity index (χ4n) is 1.21. The molecule has 0 saturated carbocycles. The first-order valence-electron chi connectivity index (χ1n) is 6.07. The van der Waals surface area contributed by atoms with Crippen molar-refractivity contribution in [3.63, 3.8) is 0 Å². The predicted octanol–water partition coefficient (Wildman–Crippen LogP) is 3.79. The molecule has 0 saturated heterocycles. The van der Waals surface area contributed by atoms with E-state index < -0.39 is 0 Å². The van der Waals surface area contributed by atoms with Crippen molar-refractivity contribution in [1.29, 1.82) is 0 Å². The summed E-state index contributed by atoms with van der Waals surface area (Å²) in [6.07, 6.45) is 0. The normalized spacial score (nSPS) is 16.8. The van der Waals surface area contributed by atoms with Crippen molar-refractivity contribution < 1.29 is 0 Å². The molecule has 0 aliphatic heterocycles. The third-order valence-electron chi connectivity index (χ3n) is 2.65. The Hall–Kier alpha value is 0.310. The van der Waals surface area contributed by atoms with Crippen LogP contribution in [0.3, 0.4) is 0 Å². The number of thioether (sulfide) groups is 1. The fourth-order valence-corrected chi connectivity index (χ4v) is 2.26. The van der Waals surface area contributed by atoms with Crippen molar-refractivity contribution in [2.24, 2.45) is 11.3 Å². The van der Waals surface area contributed by atoms with Gasteiger partial charge in [-0.1, -0.05) is 34.6 Å². The van der Waals surface area contributed by atoms with Gasteiger partial charge in [0.05, 0.1) is 0 Å². The molecule has 0 amide bonds. The molecular weight excluding hydrogens is 202 g/mol. The number of nitrogens with one attached hydrogen (secondary N) is 1. The zero-order valence-electron chi connectivity index (χ0n) is 11.6. The van der Waals surface area contributed by atoms with Crippen molar-refractivity contribution in [3.8, 4) is 0 Å². The lowest BCUT2D eigenvalue weighted by atomic mass is 9.88. The van der Waals surface area contributed by atoms with Crippen molar-refractivity contribution in [1.82, 2.24) is 5.32 Å². The van der Waals surface area contributed by atoms with Crippen LogP contribution >= 0.6 is 11.8 Å². The zero-order chi connectivity index (χ0) is 12.1. The summed E-state index contributed by atoms with van der Waals surface area (Å²) < 4.78 is 0. The van der Waals surface area contributed by atoms with Gasteiger partial charge in [0.15, 0.2) is 0 Å². The Morgan fingerprint density at radius 3 is 1.93 bits per heavy atom. The average Bonchev–Trinajstić information content (AvgIpc) is 2.01. The molecule has 2 atom stereocenters. The summed E-state index contributed by atoms with van der Waals surface area (Å²) in [4.78, 5) is 0. The molecule has 0 aromatic rings. The number of hydrogen-bond acceptors (Lipinski definition) is 2. The topological polar surface area (TPSA) is 12.0 Å². The molecule has 0 radical (unpaired) electrons. The lowest BCUT2D eigenvalue weighted by Gasteiger charge is -2.31. The van der Waals surface area contributed by atoms with E-state index in [4.69, 9.17) is 0 Å². The molecule has 0 aliphatic carbocycles. The Bertz CT molecular complexity index is 160. The number of rotatable bonds is 6. The predicted molar refractivity (Wildman–Crippen MR) is 73.7 cm³/mol. The molecule has 2 unspecified atom stereocenters. The second-order valence-corrected chi connectivity index (χ2v) is 7.16. The van der Waals surface area contributed by atoms with Gasteiger partial charge < -0.3 is 5.32 Å². The molecule has 0 rings (SSSR count). The smallest absolute Gasteiger partial charge is 0.0132 e. The summed E-state index contributed by atoms with van der Waals surface area (Å²) in [5.41, 5.74) is 0.358. The molecule has 0 aromatic heterocycles. The summed E-state index contributed by atoms with van der Waals surface area (Å²) in [5, 5.41) is 3.67. The van der Waals surface area contributed by atoms with Gasteiger partial charge in [-0.15, -0.1) is 0 Å². The first-order valence-corrected chi connectivity index (χ1v) is 7.22. The van der Waals surface area contributed by atoms with Gasteiger partial charge in [-0.05, 0) is 30.9 Å². The van der Waals surface area contributed by atoms with Gasteiger partial charge in [-0.3, -0.25) is 0 Å². The van der Waals surface area contributed by atoms with E-state index in [1.54, 1.807) is 0 Å². The highest BCUT2D eigenvalue weighted by Gasteiger charge is 2.20. The summed E-state index contributed by atoms with van der Waals surface area (Å²) in [5.74, 6) is 3.30. The lowest BCUT2D eigenvalue weighted by molar-refractivity contribution is 0.273. The Kier molecular flexibility index (Phi) is 6.94. The highest BCUT2D eigenvalue weighted by molar-refractivity contribution is 7.99. The standard InChI is InChI=1S/C13H29NS/c1-10(2)8-15-9-11(3)14-12(4)13(5,6)7/h10-12,14H,8-9H2,1-7H3. The van der Waals surface area contributed by atoms with Crippen molar-refractivity contribution >= 4 is 11.8 Å². The third kappa shape index (κ3) is 8.15. The minimum atomic E-state index is 0.358. The molecule has 0 heterocycles.